The highest BCUT2D eigenvalue weighted by Crippen LogP contribution is 2.21. The number of rotatable bonds is 6. The van der Waals surface area contributed by atoms with E-state index < -0.39 is 0 Å². The lowest BCUT2D eigenvalue weighted by molar-refractivity contribution is -0.127. The number of piperidine rings is 1. The summed E-state index contributed by atoms with van der Waals surface area (Å²) in [5, 5.41) is 5.97. The molecule has 0 atom stereocenters. The van der Waals surface area contributed by atoms with Gasteiger partial charge in [0.2, 0.25) is 5.91 Å². The lowest BCUT2D eigenvalue weighted by atomic mass is 9.95. The van der Waals surface area contributed by atoms with Gasteiger partial charge in [0, 0.05) is 36.6 Å². The van der Waals surface area contributed by atoms with Crippen molar-refractivity contribution in [2.24, 2.45) is 5.92 Å². The van der Waals surface area contributed by atoms with Crippen molar-refractivity contribution in [3.63, 3.8) is 0 Å². The largest absolute Gasteiger partial charge is 0.354 e. The Labute approximate surface area is 172 Å². The second-order valence-electron chi connectivity index (χ2n) is 8.12. The number of hydrogen-bond acceptors (Lipinski definition) is 4. The first-order valence-electron chi connectivity index (χ1n) is 10.3. The van der Waals surface area contributed by atoms with Crippen molar-refractivity contribution in [2.45, 2.75) is 46.2 Å². The SMILES string of the molecule is Cc1cncc(C(=O)Nc2cccc(CN3CCC(C(=O)NC(C)C)CC3)c2)c1. The Morgan fingerprint density at radius 1 is 1.17 bits per heavy atom. The number of nitrogens with zero attached hydrogens (tertiary/aromatic N) is 2. The van der Waals surface area contributed by atoms with E-state index >= 15 is 0 Å². The van der Waals surface area contributed by atoms with Gasteiger partial charge in [-0.15, -0.1) is 0 Å². The maximum absolute atomic E-state index is 12.4. The molecule has 2 aromatic rings. The number of anilines is 1. The third-order valence-corrected chi connectivity index (χ3v) is 5.12. The van der Waals surface area contributed by atoms with Crippen LogP contribution in [-0.4, -0.2) is 40.8 Å². The standard InChI is InChI=1S/C23H30N4O2/c1-16(2)25-22(28)19-7-9-27(10-8-19)15-18-5-4-6-21(12-18)26-23(29)20-11-17(3)13-24-14-20/h4-6,11-14,16,19H,7-10,15H2,1-3H3,(H,25,28)(H,26,29). The predicted molar refractivity (Wildman–Crippen MR) is 115 cm³/mol. The van der Waals surface area contributed by atoms with Crippen molar-refractivity contribution in [1.82, 2.24) is 15.2 Å². The van der Waals surface area contributed by atoms with Gasteiger partial charge < -0.3 is 10.6 Å². The molecule has 1 aliphatic heterocycles. The zero-order valence-electron chi connectivity index (χ0n) is 17.4. The number of hydrogen-bond donors (Lipinski definition) is 2. The third kappa shape index (κ3) is 6.12. The smallest absolute Gasteiger partial charge is 0.257 e. The Morgan fingerprint density at radius 3 is 2.62 bits per heavy atom. The van der Waals surface area contributed by atoms with Crippen LogP contribution in [0.2, 0.25) is 0 Å². The summed E-state index contributed by atoms with van der Waals surface area (Å²) in [5.74, 6) is 0.132. The van der Waals surface area contributed by atoms with Crippen molar-refractivity contribution in [2.75, 3.05) is 18.4 Å². The van der Waals surface area contributed by atoms with Gasteiger partial charge in [-0.25, -0.2) is 0 Å². The molecule has 2 N–H and O–H groups in total. The Balaban J connectivity index is 1.54. The van der Waals surface area contributed by atoms with Crippen LogP contribution in [0.3, 0.4) is 0 Å². The van der Waals surface area contributed by atoms with Crippen LogP contribution < -0.4 is 10.6 Å². The van der Waals surface area contributed by atoms with E-state index in [9.17, 15) is 9.59 Å². The topological polar surface area (TPSA) is 74.3 Å². The molecule has 0 spiro atoms. The van der Waals surface area contributed by atoms with E-state index in [2.05, 4.69) is 26.6 Å². The highest BCUT2D eigenvalue weighted by molar-refractivity contribution is 6.04. The monoisotopic (exact) mass is 394 g/mol. The van der Waals surface area contributed by atoms with Crippen molar-refractivity contribution in [3.05, 3.63) is 59.4 Å². The molecule has 1 aliphatic rings. The molecular weight excluding hydrogens is 364 g/mol. The van der Waals surface area contributed by atoms with Gasteiger partial charge in [0.15, 0.2) is 0 Å². The summed E-state index contributed by atoms with van der Waals surface area (Å²) in [6.45, 7) is 8.53. The average molecular weight is 395 g/mol. The van der Waals surface area contributed by atoms with Gasteiger partial charge in [-0.3, -0.25) is 19.5 Å². The normalized spacial score (nSPS) is 15.3. The molecule has 2 heterocycles. The van der Waals surface area contributed by atoms with Gasteiger partial charge >= 0.3 is 0 Å². The lowest BCUT2D eigenvalue weighted by Gasteiger charge is -2.31. The Bertz CT molecular complexity index is 857. The van der Waals surface area contributed by atoms with Gasteiger partial charge in [-0.05, 0) is 76.0 Å². The van der Waals surface area contributed by atoms with Crippen LogP contribution in [0.15, 0.2) is 42.7 Å². The molecule has 1 fully saturated rings. The van der Waals surface area contributed by atoms with Crippen LogP contribution in [0.1, 0.15) is 48.2 Å². The minimum absolute atomic E-state index is 0.113. The highest BCUT2D eigenvalue weighted by atomic mass is 16.2. The minimum atomic E-state index is -0.157. The fourth-order valence-corrected chi connectivity index (χ4v) is 3.64. The predicted octanol–water partition coefficient (Wildman–Crippen LogP) is 3.38. The van der Waals surface area contributed by atoms with Crippen LogP contribution in [0.25, 0.3) is 0 Å². The van der Waals surface area contributed by atoms with E-state index in [4.69, 9.17) is 0 Å². The molecule has 2 amide bonds. The minimum Gasteiger partial charge on any atom is -0.354 e. The summed E-state index contributed by atoms with van der Waals surface area (Å²) in [7, 11) is 0. The summed E-state index contributed by atoms with van der Waals surface area (Å²) < 4.78 is 0. The van der Waals surface area contributed by atoms with E-state index in [1.54, 1.807) is 12.4 Å². The second kappa shape index (κ2) is 9.65. The zero-order chi connectivity index (χ0) is 20.8. The van der Waals surface area contributed by atoms with E-state index in [-0.39, 0.29) is 23.8 Å². The first-order chi connectivity index (χ1) is 13.9. The van der Waals surface area contributed by atoms with Crippen LogP contribution in [-0.2, 0) is 11.3 Å². The van der Waals surface area contributed by atoms with Gasteiger partial charge in [0.1, 0.15) is 0 Å². The molecule has 6 nitrogen and oxygen atoms in total. The van der Waals surface area contributed by atoms with Gasteiger partial charge in [0.05, 0.1) is 5.56 Å². The molecule has 154 valence electrons. The molecule has 0 unspecified atom stereocenters. The summed E-state index contributed by atoms with van der Waals surface area (Å²) >= 11 is 0. The van der Waals surface area contributed by atoms with Crippen LogP contribution in [0.5, 0.6) is 0 Å². The van der Waals surface area contributed by atoms with Crippen molar-refractivity contribution in [3.8, 4) is 0 Å². The van der Waals surface area contributed by atoms with E-state index in [1.165, 1.54) is 0 Å². The van der Waals surface area contributed by atoms with Gasteiger partial charge in [-0.2, -0.15) is 0 Å². The molecule has 0 saturated carbocycles. The first kappa shape index (κ1) is 21.0. The van der Waals surface area contributed by atoms with Crippen molar-refractivity contribution in [1.29, 1.82) is 0 Å². The number of carbonyl (C=O) groups excluding carboxylic acids is 2. The van der Waals surface area contributed by atoms with Crippen molar-refractivity contribution < 1.29 is 9.59 Å². The Hall–Kier alpha value is -2.73. The maximum Gasteiger partial charge on any atom is 0.257 e. The Morgan fingerprint density at radius 2 is 1.93 bits per heavy atom. The molecular formula is C23H30N4O2. The number of aromatic nitrogens is 1. The average Bonchev–Trinajstić information content (AvgIpc) is 2.68. The highest BCUT2D eigenvalue weighted by Gasteiger charge is 2.25. The second-order valence-corrected chi connectivity index (χ2v) is 8.12. The molecule has 6 heteroatoms. The number of nitrogens with one attached hydrogen (secondary N) is 2. The first-order valence-corrected chi connectivity index (χ1v) is 10.3. The molecule has 1 saturated heterocycles. The summed E-state index contributed by atoms with van der Waals surface area (Å²) in [6, 6.07) is 9.95. The summed E-state index contributed by atoms with van der Waals surface area (Å²) in [6.07, 6.45) is 5.07. The van der Waals surface area contributed by atoms with Gasteiger partial charge in [-0.1, -0.05) is 12.1 Å². The number of aryl methyl sites for hydroxylation is 1. The van der Waals surface area contributed by atoms with E-state index in [0.29, 0.717) is 5.56 Å². The third-order valence-electron chi connectivity index (χ3n) is 5.12. The number of amides is 2. The number of benzene rings is 1. The van der Waals surface area contributed by atoms with E-state index in [1.807, 2.05) is 45.0 Å². The van der Waals surface area contributed by atoms with Gasteiger partial charge in [0.25, 0.3) is 5.91 Å². The van der Waals surface area contributed by atoms with Crippen LogP contribution in [0, 0.1) is 12.8 Å². The summed E-state index contributed by atoms with van der Waals surface area (Å²) in [5.41, 5.74) is 3.43. The zero-order valence-corrected chi connectivity index (χ0v) is 17.4. The quantitative estimate of drug-likeness (QED) is 0.788. The molecule has 29 heavy (non-hydrogen) atoms. The molecule has 1 aromatic heterocycles. The Kier molecular flexibility index (Phi) is 6.99. The maximum atomic E-state index is 12.4. The number of likely N-dealkylation sites (tertiary alicyclic amines) is 1. The fourth-order valence-electron chi connectivity index (χ4n) is 3.64. The summed E-state index contributed by atoms with van der Waals surface area (Å²) in [4.78, 5) is 31.1. The van der Waals surface area contributed by atoms with Crippen LogP contribution in [0.4, 0.5) is 5.69 Å². The molecule has 0 aliphatic carbocycles. The molecule has 1 aromatic carbocycles. The molecule has 3 rings (SSSR count). The molecule has 0 bridgehead atoms. The van der Waals surface area contributed by atoms with Crippen LogP contribution >= 0.6 is 0 Å². The number of pyridine rings is 1. The van der Waals surface area contributed by atoms with Crippen molar-refractivity contribution >= 4 is 17.5 Å². The lowest BCUT2D eigenvalue weighted by Crippen LogP contribution is -2.42. The van der Waals surface area contributed by atoms with E-state index in [0.717, 1.165) is 49.3 Å². The fraction of sp³-hybridized carbons (Fsp3) is 0.435. The number of carbonyl (C=O) groups is 2. The molecule has 0 radical (unpaired) electrons.